The van der Waals surface area contributed by atoms with E-state index in [4.69, 9.17) is 16.3 Å². The van der Waals surface area contributed by atoms with E-state index in [1.165, 1.54) is 5.57 Å². The number of fused-ring (bicyclic) bond motifs is 4. The molecule has 2 heterocycles. The molecule has 2 saturated carbocycles. The second-order valence-corrected chi connectivity index (χ2v) is 15.3. The lowest BCUT2D eigenvalue weighted by atomic mass is 9.52. The summed E-state index contributed by atoms with van der Waals surface area (Å²) in [6.07, 6.45) is 13.2. The molecule has 5 aliphatic rings. The highest BCUT2D eigenvalue weighted by Crippen LogP contribution is 2.59. The van der Waals surface area contributed by atoms with Crippen molar-refractivity contribution in [1.82, 2.24) is 4.72 Å². The van der Waals surface area contributed by atoms with Gasteiger partial charge in [0, 0.05) is 34.5 Å². The van der Waals surface area contributed by atoms with Crippen molar-refractivity contribution in [1.29, 1.82) is 0 Å². The van der Waals surface area contributed by atoms with Gasteiger partial charge in [-0.05, 0) is 88.0 Å². The van der Waals surface area contributed by atoms with Crippen LogP contribution in [0.2, 0.25) is 0 Å². The molecule has 1 aromatic rings. The number of amides is 1. The van der Waals surface area contributed by atoms with Crippen LogP contribution in [0.25, 0.3) is 0 Å². The number of rotatable bonds is 0. The van der Waals surface area contributed by atoms with Gasteiger partial charge in [0.15, 0.2) is 0 Å². The van der Waals surface area contributed by atoms with E-state index in [0.717, 1.165) is 62.3 Å². The molecule has 7 nitrogen and oxygen atoms in total. The van der Waals surface area contributed by atoms with Crippen LogP contribution in [0.4, 0.5) is 5.69 Å². The number of hydrogen-bond donors (Lipinski definition) is 2. The van der Waals surface area contributed by atoms with E-state index in [1.54, 1.807) is 37.3 Å². The number of carbonyl (C=O) groups is 1. The zero-order valence-electron chi connectivity index (χ0n) is 23.2. The topological polar surface area (TPSA) is 95.9 Å². The number of benzene rings is 1. The normalized spacial score (nSPS) is 38.0. The van der Waals surface area contributed by atoms with Crippen LogP contribution in [0.3, 0.4) is 0 Å². The molecular formula is C31H39ClN2O5S. The first-order chi connectivity index (χ1) is 19.0. The van der Waals surface area contributed by atoms with E-state index in [-0.39, 0.29) is 34.7 Å². The predicted molar refractivity (Wildman–Crippen MR) is 157 cm³/mol. The van der Waals surface area contributed by atoms with Crippen LogP contribution < -0.4 is 14.4 Å². The van der Waals surface area contributed by atoms with Crippen molar-refractivity contribution in [3.63, 3.8) is 0 Å². The number of aliphatic hydroxyl groups excluding tert-OH is 1. The molecule has 40 heavy (non-hydrogen) atoms. The summed E-state index contributed by atoms with van der Waals surface area (Å²) >= 11 is 6.47. The van der Waals surface area contributed by atoms with Crippen molar-refractivity contribution in [2.24, 2.45) is 22.7 Å². The number of hydrogen-bond acceptors (Lipinski definition) is 6. The highest BCUT2D eigenvalue weighted by molar-refractivity contribution is 7.90. The molecule has 1 amide bonds. The van der Waals surface area contributed by atoms with E-state index in [1.807, 2.05) is 0 Å². The number of nitrogens with zero attached hydrogens (tertiary/aromatic N) is 1. The second-order valence-electron chi connectivity index (χ2n) is 12.7. The van der Waals surface area contributed by atoms with E-state index in [0.29, 0.717) is 12.4 Å². The summed E-state index contributed by atoms with van der Waals surface area (Å²) in [6.45, 7) is 5.95. The SMILES string of the molecule is C[C@@H]1C/C=C/C(O)C2CCC2CN2C[C@@]3(CCCC4=CC(Cl)=CCC43C)COc3ccc(cc32)C(=O)NS1(=O)=O. The van der Waals surface area contributed by atoms with Gasteiger partial charge in [-0.25, -0.2) is 13.1 Å². The first-order valence-electron chi connectivity index (χ1n) is 14.5. The third-order valence-corrected chi connectivity index (χ3v) is 12.5. The average Bonchev–Trinajstić information content (AvgIpc) is 3.04. The number of anilines is 1. The zero-order valence-corrected chi connectivity index (χ0v) is 24.8. The van der Waals surface area contributed by atoms with E-state index in [2.05, 4.69) is 28.7 Å². The van der Waals surface area contributed by atoms with Gasteiger partial charge in [-0.3, -0.25) is 4.79 Å². The lowest BCUT2D eigenvalue weighted by molar-refractivity contribution is 0.00628. The maximum atomic E-state index is 13.2. The number of nitrogens with one attached hydrogen (secondary N) is 1. The molecule has 1 aromatic carbocycles. The summed E-state index contributed by atoms with van der Waals surface area (Å²) in [6, 6.07) is 5.24. The Balaban J connectivity index is 1.43. The summed E-state index contributed by atoms with van der Waals surface area (Å²) in [5, 5.41) is 11.0. The number of ether oxygens (including phenoxy) is 1. The summed E-state index contributed by atoms with van der Waals surface area (Å²) < 4.78 is 34.7. The van der Waals surface area contributed by atoms with Gasteiger partial charge in [0.05, 0.1) is 23.6 Å². The molecule has 3 aliphatic carbocycles. The molecule has 0 saturated heterocycles. The molecule has 6 atom stereocenters. The fourth-order valence-electron chi connectivity index (χ4n) is 7.53. The zero-order chi connectivity index (χ0) is 28.3. The maximum Gasteiger partial charge on any atom is 0.264 e. The summed E-state index contributed by atoms with van der Waals surface area (Å²) in [7, 11) is -3.90. The Morgan fingerprint density at radius 2 is 2.08 bits per heavy atom. The minimum atomic E-state index is -3.90. The van der Waals surface area contributed by atoms with Crippen LogP contribution in [0.5, 0.6) is 5.75 Å². The van der Waals surface area contributed by atoms with Gasteiger partial charge in [-0.2, -0.15) is 0 Å². The summed E-state index contributed by atoms with van der Waals surface area (Å²) in [5.74, 6) is 0.442. The van der Waals surface area contributed by atoms with Crippen molar-refractivity contribution in [3.8, 4) is 5.75 Å². The fourth-order valence-corrected chi connectivity index (χ4v) is 8.68. The summed E-state index contributed by atoms with van der Waals surface area (Å²) in [4.78, 5) is 15.6. The predicted octanol–water partition coefficient (Wildman–Crippen LogP) is 5.31. The number of allylic oxidation sites excluding steroid dienone is 5. The lowest BCUT2D eigenvalue weighted by Gasteiger charge is -2.55. The van der Waals surface area contributed by atoms with E-state index in [9.17, 15) is 18.3 Å². The van der Waals surface area contributed by atoms with Crippen LogP contribution in [0.15, 0.2) is 53.1 Å². The largest absolute Gasteiger partial charge is 0.491 e. The molecular weight excluding hydrogens is 548 g/mol. The number of halogens is 1. The van der Waals surface area contributed by atoms with Crippen molar-refractivity contribution in [2.75, 3.05) is 24.6 Å². The highest BCUT2D eigenvalue weighted by Gasteiger charge is 2.55. The third kappa shape index (κ3) is 4.70. The Hall–Kier alpha value is -2.29. The molecule has 0 aromatic heterocycles. The van der Waals surface area contributed by atoms with Gasteiger partial charge in [-0.1, -0.05) is 42.3 Å². The van der Waals surface area contributed by atoms with Crippen molar-refractivity contribution in [3.05, 3.63) is 58.7 Å². The standard InChI is InChI=1S/C31H39ClN2O5S/c1-20-5-3-7-27(35)25-10-8-22(25)17-34-18-31(13-4-6-23-16-24(32)12-14-30(23,31)2)19-39-28-11-9-21(15-26(28)34)29(36)33-40(20,37)38/h3,7,9,11-12,15-16,20,22,25,27,35H,4-6,8,10,13-14,17-19H2,1-2H3,(H,33,36)/b7-3+/t20-,22?,25?,27?,30?,31+/m1/s1. The molecule has 6 rings (SSSR count). The van der Waals surface area contributed by atoms with Crippen molar-refractivity contribution >= 4 is 33.2 Å². The van der Waals surface area contributed by atoms with Gasteiger partial charge < -0.3 is 14.7 Å². The Bertz CT molecular complexity index is 1400. The molecule has 2 fully saturated rings. The molecule has 216 valence electrons. The number of carbonyl (C=O) groups excluding carboxylic acids is 1. The first-order valence-corrected chi connectivity index (χ1v) is 16.4. The van der Waals surface area contributed by atoms with Crippen molar-refractivity contribution < 1.29 is 23.1 Å². The highest BCUT2D eigenvalue weighted by atomic mass is 35.5. The van der Waals surface area contributed by atoms with Gasteiger partial charge >= 0.3 is 0 Å². The van der Waals surface area contributed by atoms with Gasteiger partial charge in [0.2, 0.25) is 10.0 Å². The number of sulfonamides is 1. The van der Waals surface area contributed by atoms with E-state index >= 15 is 0 Å². The minimum Gasteiger partial charge on any atom is -0.491 e. The van der Waals surface area contributed by atoms with Gasteiger partial charge in [-0.15, -0.1) is 0 Å². The molecule has 4 unspecified atom stereocenters. The van der Waals surface area contributed by atoms with Crippen LogP contribution in [-0.2, 0) is 10.0 Å². The maximum absolute atomic E-state index is 13.2. The monoisotopic (exact) mass is 586 g/mol. The average molecular weight is 587 g/mol. The van der Waals surface area contributed by atoms with Crippen LogP contribution in [0.1, 0.15) is 69.2 Å². The molecule has 1 spiro atoms. The van der Waals surface area contributed by atoms with Crippen LogP contribution in [0, 0.1) is 22.7 Å². The van der Waals surface area contributed by atoms with Crippen LogP contribution in [-0.4, -0.2) is 50.5 Å². The summed E-state index contributed by atoms with van der Waals surface area (Å²) in [5.41, 5.74) is 2.18. The quantitative estimate of drug-likeness (QED) is 0.400. The molecule has 9 heteroatoms. The molecule has 0 radical (unpaired) electrons. The van der Waals surface area contributed by atoms with E-state index < -0.39 is 27.3 Å². The fraction of sp³-hybridized carbons (Fsp3) is 0.581. The Morgan fingerprint density at radius 1 is 1.25 bits per heavy atom. The first kappa shape index (κ1) is 27.9. The number of aliphatic hydroxyl groups is 1. The van der Waals surface area contributed by atoms with Crippen molar-refractivity contribution in [2.45, 2.75) is 70.1 Å². The Morgan fingerprint density at radius 3 is 2.85 bits per heavy atom. The van der Waals surface area contributed by atoms with Crippen LogP contribution >= 0.6 is 11.6 Å². The Labute approximate surface area is 242 Å². The van der Waals surface area contributed by atoms with Gasteiger partial charge in [0.25, 0.3) is 5.91 Å². The molecule has 2 N–H and O–H groups in total. The third-order valence-electron chi connectivity index (χ3n) is 10.5. The Kier molecular flexibility index (Phi) is 7.11. The molecule has 2 aliphatic heterocycles. The smallest absolute Gasteiger partial charge is 0.264 e. The molecule has 2 bridgehead atoms. The lowest BCUT2D eigenvalue weighted by Crippen LogP contribution is -2.55. The van der Waals surface area contributed by atoms with Gasteiger partial charge in [0.1, 0.15) is 5.75 Å². The minimum absolute atomic E-state index is 0.105. The second kappa shape index (κ2) is 10.2.